The Kier molecular flexibility index (Phi) is 46.4. The molecule has 0 aliphatic carbocycles. The van der Waals surface area contributed by atoms with Crippen LogP contribution in [0.15, 0.2) is 51.8 Å². The summed E-state index contributed by atoms with van der Waals surface area (Å²) in [5.41, 5.74) is 56.8. The third kappa shape index (κ3) is 38.7. The van der Waals surface area contributed by atoms with Crippen molar-refractivity contribution in [3.63, 3.8) is 0 Å². The molecule has 1 heterocycles. The molecule has 12 atom stereocenters. The lowest BCUT2D eigenvalue weighted by Gasteiger charge is -2.28. The predicted molar refractivity (Wildman–Crippen MR) is 414 cm³/mol. The normalized spacial score (nSPS) is 14.4. The molecule has 109 heavy (non-hydrogen) atoms. The number of nitrogens with one attached hydrogen (secondary N) is 12. The Labute approximate surface area is 643 Å². The molecule has 0 aliphatic heterocycles. The van der Waals surface area contributed by atoms with Crippen molar-refractivity contribution in [1.82, 2.24) is 68.5 Å². The second kappa shape index (κ2) is 53.1. The summed E-state index contributed by atoms with van der Waals surface area (Å²) in [6.45, 7) is 3.37. The molecule has 11 amide bonds. The molecule has 0 aliphatic rings. The number of amides is 11. The molecule has 0 fully saturated rings. The Hall–Kier alpha value is -9.82. The highest BCUT2D eigenvalue weighted by Crippen LogP contribution is 2.16. The van der Waals surface area contributed by atoms with Gasteiger partial charge in [-0.25, -0.2) is 9.78 Å². The summed E-state index contributed by atoms with van der Waals surface area (Å²) in [6.07, 6.45) is 4.61. The van der Waals surface area contributed by atoms with Gasteiger partial charge in [-0.15, -0.1) is 0 Å². The average Bonchev–Trinajstić information content (AvgIpc) is 1.45. The second-order valence-corrected chi connectivity index (χ2v) is 26.9. The lowest BCUT2D eigenvalue weighted by Crippen LogP contribution is -2.61. The first kappa shape index (κ1) is 95.3. The number of aliphatic imine (C=N–C) groups is 3. The van der Waals surface area contributed by atoms with E-state index in [4.69, 9.17) is 57.3 Å². The van der Waals surface area contributed by atoms with Gasteiger partial charge in [0.15, 0.2) is 17.9 Å². The number of thiol groups is 2. The van der Waals surface area contributed by atoms with Gasteiger partial charge in [0.1, 0.15) is 72.2 Å². The number of rotatable bonds is 56. The number of phenolic OH excluding ortho intramolecular Hbond substituents is 1. The summed E-state index contributed by atoms with van der Waals surface area (Å²) in [4.78, 5) is 187. The number of hydrogen-bond acceptors (Lipinski definition) is 24. The zero-order chi connectivity index (χ0) is 81.5. The van der Waals surface area contributed by atoms with Gasteiger partial charge in [0.2, 0.25) is 65.0 Å². The number of hydrogen-bond donors (Lipinski definition) is 27. The van der Waals surface area contributed by atoms with E-state index in [1.165, 1.54) is 36.8 Å². The van der Waals surface area contributed by atoms with E-state index in [9.17, 15) is 72.9 Å². The number of carbonyl (C=O) groups excluding carboxylic acids is 11. The summed E-state index contributed by atoms with van der Waals surface area (Å²) in [5.74, 6) is -13.1. The smallest absolute Gasteiger partial charge is 0.326 e. The third-order valence-corrected chi connectivity index (χ3v) is 17.3. The number of aromatic hydroxyl groups is 1. The second-order valence-electron chi connectivity index (χ2n) is 26.1. The topological polar surface area (TPSA) is 724 Å². The minimum atomic E-state index is -1.72. The van der Waals surface area contributed by atoms with Gasteiger partial charge in [0.05, 0.1) is 19.0 Å². The molecule has 0 saturated heterocycles. The maximum absolute atomic E-state index is 14.7. The van der Waals surface area contributed by atoms with Crippen molar-refractivity contribution < 1.29 is 72.9 Å². The van der Waals surface area contributed by atoms with Crippen molar-refractivity contribution in [2.45, 2.75) is 202 Å². The number of nitrogens with two attached hydrogens (primary N) is 10. The van der Waals surface area contributed by atoms with E-state index < -0.39 is 150 Å². The number of nitrogens with zero attached hydrogens (tertiary/aromatic N) is 4. The largest absolute Gasteiger partial charge is 0.508 e. The molecule has 0 spiro atoms. The molecule has 2 aromatic rings. The summed E-state index contributed by atoms with van der Waals surface area (Å²) < 4.78 is 0. The molecule has 612 valence electrons. The van der Waals surface area contributed by atoms with E-state index in [-0.39, 0.29) is 164 Å². The first-order chi connectivity index (χ1) is 51.8. The van der Waals surface area contributed by atoms with E-state index in [1.54, 1.807) is 13.8 Å². The molecular formula is C66H116N26O15S2. The molecule has 0 bridgehead atoms. The zero-order valence-electron chi connectivity index (χ0n) is 61.8. The van der Waals surface area contributed by atoms with Crippen LogP contribution in [0.2, 0.25) is 0 Å². The highest BCUT2D eigenvalue weighted by atomic mass is 32.1. The van der Waals surface area contributed by atoms with Crippen LogP contribution >= 0.6 is 25.3 Å². The van der Waals surface area contributed by atoms with Crippen LogP contribution in [0.5, 0.6) is 5.75 Å². The van der Waals surface area contributed by atoms with Crippen molar-refractivity contribution in [2.24, 2.45) is 78.2 Å². The molecule has 35 N–H and O–H groups in total. The van der Waals surface area contributed by atoms with Crippen LogP contribution in [0, 0.1) is 5.92 Å². The number of aliphatic carboxylic acids is 1. The Morgan fingerprint density at radius 3 is 1.13 bits per heavy atom. The van der Waals surface area contributed by atoms with Crippen LogP contribution < -0.4 is 116 Å². The number of aliphatic hydroxyl groups is 1. The Bertz CT molecular complexity index is 3270. The fraction of sp³-hybridized carbons (Fsp3) is 0.636. The van der Waals surface area contributed by atoms with Crippen molar-refractivity contribution in [2.75, 3.05) is 57.4 Å². The number of phenols is 1. The molecule has 2 rings (SSSR count). The van der Waals surface area contributed by atoms with Gasteiger partial charge in [0.25, 0.3) is 0 Å². The van der Waals surface area contributed by atoms with Crippen LogP contribution in [0.4, 0.5) is 0 Å². The molecule has 0 unspecified atom stereocenters. The summed E-state index contributed by atoms with van der Waals surface area (Å²) in [5, 5.41) is 58.8. The number of benzene rings is 1. The molecular weight excluding hydrogens is 1460 g/mol. The van der Waals surface area contributed by atoms with Gasteiger partial charge < -0.3 is 136 Å². The Balaban J connectivity index is 2.52. The fourth-order valence-electron chi connectivity index (χ4n) is 10.7. The number of aromatic nitrogens is 2. The molecule has 1 aromatic carbocycles. The van der Waals surface area contributed by atoms with Gasteiger partial charge in [-0.3, -0.25) is 67.7 Å². The molecule has 43 heteroatoms. The van der Waals surface area contributed by atoms with Crippen LogP contribution in [-0.4, -0.2) is 244 Å². The first-order valence-electron chi connectivity index (χ1n) is 36.0. The summed E-state index contributed by atoms with van der Waals surface area (Å²) in [7, 11) is 0. The zero-order valence-corrected chi connectivity index (χ0v) is 63.5. The number of imidazole rings is 1. The SMILES string of the molecule is CC(C)C[C@H](NC(=O)[C@H](CS)NC(=O)[C@H](CCCCN)NC(=O)[C@H](Cc1ccc(O)cc1)NC(=O)[C@H](CO)NC(=O)[C@H](CCCCN)NC(=O)[C@@H](N)CCCN=C(N)N)C(=O)N[C@@H](Cc1cnc[nH]1)C(=O)N[C@@H](CCCCN)C(=O)N[C@@H](CCCN=C(N)N)C(=O)N[C@@H](CS)C(=O)N[C@@H](CCCN=C(N)N)C(=O)O. The summed E-state index contributed by atoms with van der Waals surface area (Å²) in [6, 6.07) is -11.6. The fourth-order valence-corrected chi connectivity index (χ4v) is 11.2. The van der Waals surface area contributed by atoms with Crippen molar-refractivity contribution >= 4 is 114 Å². The molecule has 0 saturated carbocycles. The quantitative estimate of drug-likeness (QED) is 0.0127. The lowest BCUT2D eigenvalue weighted by molar-refractivity contribution is -0.142. The third-order valence-electron chi connectivity index (χ3n) is 16.6. The van der Waals surface area contributed by atoms with Crippen molar-refractivity contribution in [1.29, 1.82) is 0 Å². The van der Waals surface area contributed by atoms with E-state index in [2.05, 4.69) is 109 Å². The van der Waals surface area contributed by atoms with Gasteiger partial charge in [-0.05, 0) is 146 Å². The first-order valence-corrected chi connectivity index (χ1v) is 37.2. The number of unbranched alkanes of at least 4 members (excludes halogenated alkanes) is 3. The van der Waals surface area contributed by atoms with E-state index in [0.717, 1.165) is 0 Å². The number of aliphatic hydroxyl groups excluding tert-OH is 1. The van der Waals surface area contributed by atoms with Crippen LogP contribution in [-0.2, 0) is 70.4 Å². The standard InChI is InChI=1S/C66H116N26O15S2/c1-36(2)28-46(57(100)89-48(30-38-31-77-35-81-38)59(102)85-42(14-4-7-23-68)53(96)83-44(16-10-26-79-65(73)74)56(99)91-50(33-108)61(104)86-45(63(106)107)17-11-27-80-66(75)76)87-62(105)51(34-109)92-55(98)43(15-5-8-24-69)84-58(101)47(29-37-18-20-39(94)21-19-37)88-60(103)49(32-93)90-54(97)41(13-3-6-22-67)82-52(95)40(70)12-9-25-78-64(71)72/h18-21,31,35-36,40-51,93-94,108-109H,3-17,22-30,32-34,67-70H2,1-2H3,(H,77,81)(H,82,95)(H,83,96)(H,84,101)(H,85,102)(H,86,104)(H,87,105)(H,88,103)(H,89,100)(H,90,97)(H,91,99)(H,92,98)(H,106,107)(H4,71,72,78)(H4,73,74,79)(H4,75,76,80)/t40-,41-,42-,43-,44-,45-,46-,47-,48-,49-,50-,51-/m0/s1. The molecule has 0 radical (unpaired) electrons. The molecule has 41 nitrogen and oxygen atoms in total. The van der Waals surface area contributed by atoms with Gasteiger partial charge in [-0.1, -0.05) is 26.0 Å². The molecule has 1 aromatic heterocycles. The van der Waals surface area contributed by atoms with Crippen molar-refractivity contribution in [3.8, 4) is 5.75 Å². The number of carbonyl (C=O) groups is 12. The van der Waals surface area contributed by atoms with E-state index >= 15 is 0 Å². The highest BCUT2D eigenvalue weighted by molar-refractivity contribution is 7.80. The number of carboxylic acid groups (broad SMARTS) is 1. The average molecular weight is 1580 g/mol. The highest BCUT2D eigenvalue weighted by Gasteiger charge is 2.37. The number of aromatic amines is 1. The summed E-state index contributed by atoms with van der Waals surface area (Å²) >= 11 is 8.59. The maximum atomic E-state index is 14.7. The van der Waals surface area contributed by atoms with Crippen LogP contribution in [0.1, 0.15) is 128 Å². The predicted octanol–water partition coefficient (Wildman–Crippen LogP) is -7.91. The van der Waals surface area contributed by atoms with Crippen molar-refractivity contribution in [3.05, 3.63) is 48.0 Å². The van der Waals surface area contributed by atoms with Gasteiger partial charge in [-0.2, -0.15) is 25.3 Å². The Morgan fingerprint density at radius 1 is 0.431 bits per heavy atom. The van der Waals surface area contributed by atoms with Gasteiger partial charge >= 0.3 is 5.97 Å². The number of guanidine groups is 3. The Morgan fingerprint density at radius 2 is 0.752 bits per heavy atom. The van der Waals surface area contributed by atoms with Crippen LogP contribution in [0.3, 0.4) is 0 Å². The minimum Gasteiger partial charge on any atom is -0.508 e. The maximum Gasteiger partial charge on any atom is 0.326 e. The van der Waals surface area contributed by atoms with Crippen LogP contribution in [0.25, 0.3) is 0 Å². The number of H-pyrrole nitrogens is 1. The van der Waals surface area contributed by atoms with E-state index in [1.807, 2.05) is 0 Å². The monoisotopic (exact) mass is 1580 g/mol. The number of carboxylic acids is 1. The lowest BCUT2D eigenvalue weighted by atomic mass is 10.0. The van der Waals surface area contributed by atoms with Gasteiger partial charge in [0, 0.05) is 55.9 Å². The minimum absolute atomic E-state index is 0.00723. The van der Waals surface area contributed by atoms with E-state index in [0.29, 0.717) is 43.4 Å².